The molecule has 2 heterocycles. The number of nitrogens with one attached hydrogen (secondary N) is 2. The number of guanidine groups is 1. The topological polar surface area (TPSA) is 85.0 Å². The van der Waals surface area contributed by atoms with E-state index in [0.29, 0.717) is 0 Å². The van der Waals surface area contributed by atoms with E-state index < -0.39 is 0 Å². The van der Waals surface area contributed by atoms with Gasteiger partial charge in [-0.3, -0.25) is 9.67 Å². The largest absolute Gasteiger partial charge is 0.356 e. The van der Waals surface area contributed by atoms with Gasteiger partial charge in [0.25, 0.3) is 0 Å². The summed E-state index contributed by atoms with van der Waals surface area (Å²) in [7, 11) is 0. The van der Waals surface area contributed by atoms with Gasteiger partial charge >= 0.3 is 0 Å². The van der Waals surface area contributed by atoms with Crippen LogP contribution >= 0.6 is 35.7 Å². The van der Waals surface area contributed by atoms with Gasteiger partial charge < -0.3 is 15.2 Å². The highest BCUT2D eigenvalue weighted by Gasteiger charge is 2.03. The van der Waals surface area contributed by atoms with E-state index in [1.807, 2.05) is 18.7 Å². The molecule has 2 aromatic heterocycles. The molecule has 158 valence electrons. The van der Waals surface area contributed by atoms with Gasteiger partial charge in [0.2, 0.25) is 0 Å². The molecular weight excluding hydrogens is 487 g/mol. The third-order valence-corrected chi connectivity index (χ3v) is 4.77. The number of halogens is 1. The van der Waals surface area contributed by atoms with Crippen molar-refractivity contribution in [2.24, 2.45) is 4.99 Å². The fourth-order valence-corrected chi connectivity index (χ4v) is 3.10. The Bertz CT molecular complexity index is 712. The van der Waals surface area contributed by atoms with E-state index in [1.54, 1.807) is 6.33 Å². The summed E-state index contributed by atoms with van der Waals surface area (Å²) in [6.45, 7) is 10.4. The smallest absolute Gasteiger partial charge is 0.191 e. The minimum atomic E-state index is 0. The average Bonchev–Trinajstić information content (AvgIpc) is 3.23. The van der Waals surface area contributed by atoms with Crippen LogP contribution in [0.2, 0.25) is 0 Å². The van der Waals surface area contributed by atoms with Crippen LogP contribution in [0.15, 0.2) is 17.4 Å². The Morgan fingerprint density at radius 3 is 2.68 bits per heavy atom. The van der Waals surface area contributed by atoms with Crippen LogP contribution in [-0.4, -0.2) is 62.1 Å². The molecule has 2 N–H and O–H groups in total. The molecule has 28 heavy (non-hydrogen) atoms. The molecule has 0 aliphatic heterocycles. The predicted octanol–water partition coefficient (Wildman–Crippen LogP) is 2.26. The second-order valence-corrected chi connectivity index (χ2v) is 7.36. The fraction of sp³-hybridized carbons (Fsp3) is 0.667. The molecule has 0 saturated heterocycles. The lowest BCUT2D eigenvalue weighted by Gasteiger charge is -2.13. The second-order valence-electron chi connectivity index (χ2n) is 6.37. The molecule has 0 fully saturated rings. The number of aryl methyl sites for hydroxylation is 4. The lowest BCUT2D eigenvalue weighted by atomic mass is 10.4. The molecule has 0 aliphatic rings. The Morgan fingerprint density at radius 2 is 2.00 bits per heavy atom. The van der Waals surface area contributed by atoms with E-state index in [-0.39, 0.29) is 24.0 Å². The van der Waals surface area contributed by atoms with Crippen molar-refractivity contribution in [1.82, 2.24) is 35.2 Å². The summed E-state index contributed by atoms with van der Waals surface area (Å²) in [5.74, 6) is 2.93. The zero-order valence-electron chi connectivity index (χ0n) is 17.3. The molecule has 2 aromatic rings. The van der Waals surface area contributed by atoms with Gasteiger partial charge in [-0.05, 0) is 32.6 Å². The van der Waals surface area contributed by atoms with Gasteiger partial charge in [0.15, 0.2) is 5.96 Å². The maximum absolute atomic E-state index is 4.71. The van der Waals surface area contributed by atoms with E-state index in [9.17, 15) is 0 Å². The van der Waals surface area contributed by atoms with Crippen molar-refractivity contribution in [2.45, 2.75) is 46.7 Å². The molecule has 0 aromatic carbocycles. The number of aromatic nitrogens is 5. The highest BCUT2D eigenvalue weighted by molar-refractivity contribution is 14.0. The molecule has 10 heteroatoms. The molecule has 0 radical (unpaired) electrons. The molecule has 0 unspecified atom stereocenters. The minimum absolute atomic E-state index is 0. The quantitative estimate of drug-likeness (QED) is 0.205. The summed E-state index contributed by atoms with van der Waals surface area (Å²) in [4.78, 5) is 4.71. The first-order valence-corrected chi connectivity index (χ1v) is 10.9. The Balaban J connectivity index is 0.00000392. The number of hydrogen-bond donors (Lipinski definition) is 2. The molecule has 0 atom stereocenters. The predicted molar refractivity (Wildman–Crippen MR) is 128 cm³/mol. The van der Waals surface area contributed by atoms with Crippen molar-refractivity contribution in [3.05, 3.63) is 29.6 Å². The highest BCUT2D eigenvalue weighted by Crippen LogP contribution is 2.02. The lowest BCUT2D eigenvalue weighted by molar-refractivity contribution is 0.566. The van der Waals surface area contributed by atoms with Crippen LogP contribution in [0.3, 0.4) is 0 Å². The summed E-state index contributed by atoms with van der Waals surface area (Å²) in [5.41, 5.74) is 2.27. The highest BCUT2D eigenvalue weighted by atomic mass is 127. The minimum Gasteiger partial charge on any atom is -0.356 e. The summed E-state index contributed by atoms with van der Waals surface area (Å²) in [6, 6.07) is 2.11. The molecule has 0 aliphatic carbocycles. The Morgan fingerprint density at radius 1 is 1.21 bits per heavy atom. The molecule has 0 bridgehead atoms. The SMILES string of the molecule is CCc1nncn1CCNC(=NCCCn1nc(C)cc1C)NCCSC.I. The van der Waals surface area contributed by atoms with Gasteiger partial charge in [-0.2, -0.15) is 16.9 Å². The Labute approximate surface area is 189 Å². The molecule has 8 nitrogen and oxygen atoms in total. The molecule has 0 amide bonds. The Hall–Kier alpha value is -1.30. The first-order chi connectivity index (χ1) is 13.1. The molecule has 0 spiro atoms. The van der Waals surface area contributed by atoms with Crippen molar-refractivity contribution in [3.63, 3.8) is 0 Å². The van der Waals surface area contributed by atoms with Crippen LogP contribution in [0.1, 0.15) is 30.6 Å². The van der Waals surface area contributed by atoms with Crippen LogP contribution in [0, 0.1) is 13.8 Å². The number of hydrogen-bond acceptors (Lipinski definition) is 5. The van der Waals surface area contributed by atoms with Gasteiger partial charge in [0.05, 0.1) is 5.69 Å². The molecular formula is C18H33IN8S. The lowest BCUT2D eigenvalue weighted by Crippen LogP contribution is -2.40. The maximum atomic E-state index is 4.71. The van der Waals surface area contributed by atoms with E-state index in [4.69, 9.17) is 4.99 Å². The number of thioether (sulfide) groups is 1. The van der Waals surface area contributed by atoms with Crippen molar-refractivity contribution < 1.29 is 0 Å². The first kappa shape index (κ1) is 24.7. The zero-order valence-corrected chi connectivity index (χ0v) is 20.5. The third-order valence-electron chi connectivity index (χ3n) is 4.16. The molecule has 0 saturated carbocycles. The van der Waals surface area contributed by atoms with Crippen LogP contribution in [-0.2, 0) is 19.5 Å². The van der Waals surface area contributed by atoms with E-state index in [1.165, 1.54) is 5.69 Å². The third kappa shape index (κ3) is 8.38. The van der Waals surface area contributed by atoms with Gasteiger partial charge in [0, 0.05) is 50.6 Å². The van der Waals surface area contributed by atoms with Crippen LogP contribution < -0.4 is 10.6 Å². The summed E-state index contributed by atoms with van der Waals surface area (Å²) in [5, 5.41) is 19.4. The monoisotopic (exact) mass is 520 g/mol. The average molecular weight is 520 g/mol. The van der Waals surface area contributed by atoms with E-state index in [0.717, 1.165) is 68.8 Å². The summed E-state index contributed by atoms with van der Waals surface area (Å²) in [6.07, 6.45) is 5.74. The first-order valence-electron chi connectivity index (χ1n) is 9.53. The van der Waals surface area contributed by atoms with Crippen molar-refractivity contribution >= 4 is 41.7 Å². The van der Waals surface area contributed by atoms with Gasteiger partial charge in [-0.25, -0.2) is 0 Å². The molecule has 2 rings (SSSR count). The van der Waals surface area contributed by atoms with Crippen molar-refractivity contribution in [2.75, 3.05) is 31.6 Å². The number of aliphatic imine (C=N–C) groups is 1. The van der Waals surface area contributed by atoms with Crippen LogP contribution in [0.25, 0.3) is 0 Å². The number of nitrogens with zero attached hydrogens (tertiary/aromatic N) is 6. The van der Waals surface area contributed by atoms with Crippen molar-refractivity contribution in [3.8, 4) is 0 Å². The fourth-order valence-electron chi connectivity index (χ4n) is 2.79. The van der Waals surface area contributed by atoms with Crippen molar-refractivity contribution in [1.29, 1.82) is 0 Å². The Kier molecular flexibility index (Phi) is 12.2. The van der Waals surface area contributed by atoms with E-state index in [2.05, 4.69) is 61.3 Å². The summed E-state index contributed by atoms with van der Waals surface area (Å²) < 4.78 is 4.13. The second kappa shape index (κ2) is 13.8. The van der Waals surface area contributed by atoms with Gasteiger partial charge in [0.1, 0.15) is 12.2 Å². The van der Waals surface area contributed by atoms with Gasteiger partial charge in [-0.15, -0.1) is 34.2 Å². The van der Waals surface area contributed by atoms with Gasteiger partial charge in [-0.1, -0.05) is 6.92 Å². The summed E-state index contributed by atoms with van der Waals surface area (Å²) >= 11 is 1.82. The van der Waals surface area contributed by atoms with Crippen LogP contribution in [0.4, 0.5) is 0 Å². The van der Waals surface area contributed by atoms with Crippen LogP contribution in [0.5, 0.6) is 0 Å². The van der Waals surface area contributed by atoms with E-state index >= 15 is 0 Å². The standard InChI is InChI=1S/C18H32N8S.HI/c1-5-17-23-22-14-25(17)11-8-20-18(21-9-12-27-4)19-7-6-10-26-16(3)13-15(2)24-26;/h13-14H,5-12H2,1-4H3,(H2,19,20,21);1H. The normalized spacial score (nSPS) is 11.4. The number of rotatable bonds is 11. The maximum Gasteiger partial charge on any atom is 0.191 e. The zero-order chi connectivity index (χ0) is 19.5.